The van der Waals surface area contributed by atoms with E-state index in [1.165, 1.54) is 30.5 Å². The molecular weight excluding hydrogens is 291 g/mol. The molecule has 1 aromatic carbocycles. The highest BCUT2D eigenvalue weighted by atomic mass is 35.5. The van der Waals surface area contributed by atoms with E-state index >= 15 is 0 Å². The first kappa shape index (κ1) is 13.5. The van der Waals surface area contributed by atoms with Crippen molar-refractivity contribution in [1.82, 2.24) is 4.98 Å². The molecule has 0 aliphatic carbocycles. The van der Waals surface area contributed by atoms with Crippen LogP contribution >= 0.6 is 23.2 Å². The van der Waals surface area contributed by atoms with Gasteiger partial charge in [0.05, 0.1) is 21.3 Å². The second-order valence-electron chi connectivity index (χ2n) is 3.65. The van der Waals surface area contributed by atoms with Gasteiger partial charge in [0.1, 0.15) is 5.69 Å². The Bertz CT molecular complexity index is 652. The summed E-state index contributed by atoms with van der Waals surface area (Å²) >= 11 is 11.6. The minimum atomic E-state index is -1.18. The van der Waals surface area contributed by atoms with Crippen LogP contribution in [0.1, 0.15) is 20.8 Å². The summed E-state index contributed by atoms with van der Waals surface area (Å²) in [6.45, 7) is 0. The van der Waals surface area contributed by atoms with E-state index in [9.17, 15) is 9.59 Å². The van der Waals surface area contributed by atoms with E-state index in [0.717, 1.165) is 0 Å². The topological polar surface area (TPSA) is 82.2 Å². The molecule has 3 N–H and O–H groups in total. The zero-order valence-electron chi connectivity index (χ0n) is 9.41. The molecule has 0 radical (unpaired) electrons. The third kappa shape index (κ3) is 2.89. The summed E-state index contributed by atoms with van der Waals surface area (Å²) in [5.41, 5.74) is 0.173. The van der Waals surface area contributed by atoms with Crippen molar-refractivity contribution in [3.05, 3.63) is 51.8 Å². The van der Waals surface area contributed by atoms with Gasteiger partial charge >= 0.3 is 5.97 Å². The molecule has 98 valence electrons. The smallest absolute Gasteiger partial charge is 0.337 e. The van der Waals surface area contributed by atoms with Gasteiger partial charge in [0.15, 0.2) is 0 Å². The average molecular weight is 299 g/mol. The number of amides is 1. The Morgan fingerprint density at radius 2 is 2.00 bits per heavy atom. The highest BCUT2D eigenvalue weighted by Crippen LogP contribution is 2.26. The molecule has 1 amide bonds. The normalized spacial score (nSPS) is 10.2. The lowest BCUT2D eigenvalue weighted by molar-refractivity contribution is 0.0698. The molecule has 2 rings (SSSR count). The summed E-state index contributed by atoms with van der Waals surface area (Å²) in [6.07, 6.45) is 1.45. The van der Waals surface area contributed by atoms with Gasteiger partial charge in [0.2, 0.25) is 0 Å². The third-order valence-corrected chi connectivity index (χ3v) is 2.91. The van der Waals surface area contributed by atoms with Crippen LogP contribution in [0, 0.1) is 0 Å². The lowest BCUT2D eigenvalue weighted by Crippen LogP contribution is -2.15. The molecule has 0 aliphatic rings. The lowest BCUT2D eigenvalue weighted by Gasteiger charge is -2.09. The first-order chi connectivity index (χ1) is 8.99. The molecule has 0 bridgehead atoms. The summed E-state index contributed by atoms with van der Waals surface area (Å²) in [4.78, 5) is 25.6. The van der Waals surface area contributed by atoms with Gasteiger partial charge in [-0.15, -0.1) is 0 Å². The van der Waals surface area contributed by atoms with Crippen LogP contribution in [0.25, 0.3) is 0 Å². The van der Waals surface area contributed by atoms with E-state index in [2.05, 4.69) is 10.3 Å². The summed E-state index contributed by atoms with van der Waals surface area (Å²) in [6, 6.07) is 5.76. The van der Waals surface area contributed by atoms with Crippen LogP contribution < -0.4 is 5.32 Å². The Morgan fingerprint density at radius 3 is 2.58 bits per heavy atom. The maximum absolute atomic E-state index is 11.9. The van der Waals surface area contributed by atoms with Crippen molar-refractivity contribution in [3.8, 4) is 0 Å². The van der Waals surface area contributed by atoms with Crippen molar-refractivity contribution < 1.29 is 14.7 Å². The predicted octanol–water partition coefficient (Wildman–Crippen LogP) is 3.27. The molecule has 5 nitrogen and oxygen atoms in total. The zero-order valence-corrected chi connectivity index (χ0v) is 10.9. The molecule has 19 heavy (non-hydrogen) atoms. The van der Waals surface area contributed by atoms with Crippen LogP contribution in [0.15, 0.2) is 30.5 Å². The summed E-state index contributed by atoms with van der Waals surface area (Å²) in [5.74, 6) is -1.70. The Labute approximate surface area is 118 Å². The van der Waals surface area contributed by atoms with E-state index in [1.54, 1.807) is 0 Å². The summed E-state index contributed by atoms with van der Waals surface area (Å²) in [7, 11) is 0. The number of carboxylic acids is 1. The number of rotatable bonds is 3. The molecular formula is C12H8Cl2N2O3. The quantitative estimate of drug-likeness (QED) is 0.813. The van der Waals surface area contributed by atoms with Crippen molar-refractivity contribution in [2.24, 2.45) is 0 Å². The molecule has 0 saturated carbocycles. The Hall–Kier alpha value is -1.98. The Kier molecular flexibility index (Phi) is 3.78. The molecule has 0 saturated heterocycles. The number of carbonyl (C=O) groups excluding carboxylic acids is 1. The second kappa shape index (κ2) is 5.34. The fourth-order valence-corrected chi connectivity index (χ4v) is 1.89. The molecule has 1 heterocycles. The summed E-state index contributed by atoms with van der Waals surface area (Å²) in [5, 5.41) is 12.0. The van der Waals surface area contributed by atoms with Crippen LogP contribution in [0.4, 0.5) is 5.69 Å². The first-order valence-corrected chi connectivity index (χ1v) is 5.91. The highest BCUT2D eigenvalue weighted by Gasteiger charge is 2.17. The first-order valence-electron chi connectivity index (χ1n) is 5.16. The number of para-hydroxylation sites is 1. The van der Waals surface area contributed by atoms with Gasteiger partial charge in [0, 0.05) is 6.20 Å². The van der Waals surface area contributed by atoms with Crippen molar-refractivity contribution in [2.45, 2.75) is 0 Å². The monoisotopic (exact) mass is 298 g/mol. The van der Waals surface area contributed by atoms with Crippen LogP contribution in [0.3, 0.4) is 0 Å². The average Bonchev–Trinajstić information content (AvgIpc) is 2.78. The number of hydrogen-bond acceptors (Lipinski definition) is 2. The number of carboxylic acid groups (broad SMARTS) is 1. The SMILES string of the molecule is O=C(Nc1c(Cl)cccc1C(=O)O)c1cc(Cl)c[nH]1. The molecule has 0 fully saturated rings. The van der Waals surface area contributed by atoms with Gasteiger partial charge in [-0.3, -0.25) is 4.79 Å². The number of H-pyrrole nitrogens is 1. The van der Waals surface area contributed by atoms with Crippen molar-refractivity contribution in [1.29, 1.82) is 0 Å². The third-order valence-electron chi connectivity index (χ3n) is 2.37. The largest absolute Gasteiger partial charge is 0.478 e. The number of halogens is 2. The molecule has 0 atom stereocenters. The van der Waals surface area contributed by atoms with Gasteiger partial charge in [-0.25, -0.2) is 4.79 Å². The van der Waals surface area contributed by atoms with E-state index in [1.807, 2.05) is 0 Å². The number of aromatic carboxylic acids is 1. The number of aromatic amines is 1. The van der Waals surface area contributed by atoms with E-state index in [0.29, 0.717) is 5.02 Å². The molecule has 2 aromatic rings. The summed E-state index contributed by atoms with van der Waals surface area (Å²) < 4.78 is 0. The molecule has 7 heteroatoms. The molecule has 0 unspecified atom stereocenters. The number of carbonyl (C=O) groups is 2. The van der Waals surface area contributed by atoms with Crippen molar-refractivity contribution in [2.75, 3.05) is 5.32 Å². The van der Waals surface area contributed by atoms with Crippen molar-refractivity contribution >= 4 is 40.8 Å². The minimum absolute atomic E-state index is 0.0485. The van der Waals surface area contributed by atoms with Crippen LogP contribution in [-0.4, -0.2) is 22.0 Å². The minimum Gasteiger partial charge on any atom is -0.478 e. The number of anilines is 1. The maximum atomic E-state index is 11.9. The van der Waals surface area contributed by atoms with E-state index < -0.39 is 11.9 Å². The lowest BCUT2D eigenvalue weighted by atomic mass is 10.1. The maximum Gasteiger partial charge on any atom is 0.337 e. The second-order valence-corrected chi connectivity index (χ2v) is 4.50. The van der Waals surface area contributed by atoms with E-state index in [-0.39, 0.29) is 22.0 Å². The van der Waals surface area contributed by atoms with Gasteiger partial charge in [-0.2, -0.15) is 0 Å². The fraction of sp³-hybridized carbons (Fsp3) is 0. The Morgan fingerprint density at radius 1 is 1.26 bits per heavy atom. The van der Waals surface area contributed by atoms with Gasteiger partial charge in [-0.1, -0.05) is 29.3 Å². The number of benzene rings is 1. The molecule has 1 aromatic heterocycles. The van der Waals surface area contributed by atoms with E-state index in [4.69, 9.17) is 28.3 Å². The van der Waals surface area contributed by atoms with Crippen molar-refractivity contribution in [3.63, 3.8) is 0 Å². The Balaban J connectivity index is 2.33. The molecule has 0 spiro atoms. The number of hydrogen-bond donors (Lipinski definition) is 3. The van der Waals surface area contributed by atoms with Crippen LogP contribution in [0.5, 0.6) is 0 Å². The van der Waals surface area contributed by atoms with Crippen LogP contribution in [-0.2, 0) is 0 Å². The number of nitrogens with one attached hydrogen (secondary N) is 2. The van der Waals surface area contributed by atoms with Crippen LogP contribution in [0.2, 0.25) is 10.0 Å². The predicted molar refractivity (Wildman–Crippen MR) is 72.2 cm³/mol. The standard InChI is InChI=1S/C12H8Cl2N2O3/c13-6-4-9(15-5-6)11(17)16-10-7(12(18)19)2-1-3-8(10)14/h1-5,15H,(H,16,17)(H,18,19). The van der Waals surface area contributed by atoms with Gasteiger partial charge in [-0.05, 0) is 18.2 Å². The fourth-order valence-electron chi connectivity index (χ4n) is 1.51. The van der Waals surface area contributed by atoms with Gasteiger partial charge in [0.25, 0.3) is 5.91 Å². The number of aromatic nitrogens is 1. The molecule has 0 aliphatic heterocycles. The zero-order chi connectivity index (χ0) is 14.0. The van der Waals surface area contributed by atoms with Gasteiger partial charge < -0.3 is 15.4 Å². The highest BCUT2D eigenvalue weighted by molar-refractivity contribution is 6.35.